The summed E-state index contributed by atoms with van der Waals surface area (Å²) in [5.41, 5.74) is -1.17. The van der Waals surface area contributed by atoms with E-state index in [4.69, 9.17) is 0 Å². The second kappa shape index (κ2) is 4.90. The minimum atomic E-state index is -2.24. The molecule has 0 saturated carbocycles. The number of benzene rings is 1. The van der Waals surface area contributed by atoms with Gasteiger partial charge in [0, 0.05) is 4.88 Å². The summed E-state index contributed by atoms with van der Waals surface area (Å²) in [5, 5.41) is 11.2. The Morgan fingerprint density at radius 2 is 1.42 bits per heavy atom. The molecule has 102 valence electrons. The SMILES string of the molecule is Cc1cc(C(O)c2c(F)c(F)c(F)c(F)c2F)cs1. The van der Waals surface area contributed by atoms with Crippen LogP contribution >= 0.6 is 11.3 Å². The minimum Gasteiger partial charge on any atom is -0.383 e. The van der Waals surface area contributed by atoms with Crippen LogP contribution in [0.25, 0.3) is 0 Å². The first-order valence-corrected chi connectivity index (χ1v) is 5.97. The van der Waals surface area contributed by atoms with E-state index in [9.17, 15) is 27.1 Å². The van der Waals surface area contributed by atoms with Gasteiger partial charge in [0.1, 0.15) is 6.10 Å². The first-order valence-electron chi connectivity index (χ1n) is 5.09. The molecular formula is C12H7F5OS. The van der Waals surface area contributed by atoms with Crippen molar-refractivity contribution in [2.75, 3.05) is 0 Å². The molecule has 0 spiro atoms. The smallest absolute Gasteiger partial charge is 0.200 e. The molecule has 0 aliphatic carbocycles. The molecule has 0 aliphatic rings. The van der Waals surface area contributed by atoms with Crippen molar-refractivity contribution in [1.82, 2.24) is 0 Å². The molecule has 1 atom stereocenters. The van der Waals surface area contributed by atoms with Crippen LogP contribution in [-0.4, -0.2) is 5.11 Å². The average molecular weight is 294 g/mol. The van der Waals surface area contributed by atoms with Crippen LogP contribution in [0.1, 0.15) is 22.1 Å². The predicted octanol–water partition coefficient (Wildman–Crippen LogP) is 3.83. The number of hydrogen-bond donors (Lipinski definition) is 1. The molecule has 0 aliphatic heterocycles. The van der Waals surface area contributed by atoms with Gasteiger partial charge in [0.05, 0.1) is 5.56 Å². The Bertz CT molecular complexity index is 608. The standard InChI is InChI=1S/C12H7F5OS/c1-4-2-5(3-19-4)12(18)6-7(13)9(15)11(17)10(16)8(6)14/h2-3,12,18H,1H3. The van der Waals surface area contributed by atoms with Gasteiger partial charge < -0.3 is 5.11 Å². The van der Waals surface area contributed by atoms with Gasteiger partial charge in [-0.25, -0.2) is 22.0 Å². The third kappa shape index (κ3) is 2.23. The van der Waals surface area contributed by atoms with E-state index in [2.05, 4.69) is 0 Å². The number of aliphatic hydroxyl groups is 1. The van der Waals surface area contributed by atoms with Crippen molar-refractivity contribution in [3.63, 3.8) is 0 Å². The van der Waals surface area contributed by atoms with Crippen molar-refractivity contribution in [1.29, 1.82) is 0 Å². The second-order valence-electron chi connectivity index (χ2n) is 3.88. The normalized spacial score (nSPS) is 12.8. The van der Waals surface area contributed by atoms with Crippen LogP contribution in [0.5, 0.6) is 0 Å². The Balaban J connectivity index is 2.63. The molecule has 7 heteroatoms. The molecule has 2 aromatic rings. The van der Waals surface area contributed by atoms with Crippen molar-refractivity contribution in [3.8, 4) is 0 Å². The lowest BCUT2D eigenvalue weighted by atomic mass is 10.0. The van der Waals surface area contributed by atoms with Crippen LogP contribution in [0.2, 0.25) is 0 Å². The number of hydrogen-bond acceptors (Lipinski definition) is 2. The van der Waals surface area contributed by atoms with Crippen LogP contribution in [0.3, 0.4) is 0 Å². The summed E-state index contributed by atoms with van der Waals surface area (Å²) in [7, 11) is 0. The fraction of sp³-hybridized carbons (Fsp3) is 0.167. The average Bonchev–Trinajstić information content (AvgIpc) is 2.81. The Labute approximate surface area is 108 Å². The zero-order chi connectivity index (χ0) is 14.3. The Kier molecular flexibility index (Phi) is 3.60. The minimum absolute atomic E-state index is 0.0747. The number of aryl methyl sites for hydroxylation is 1. The predicted molar refractivity (Wildman–Crippen MR) is 59.3 cm³/mol. The van der Waals surface area contributed by atoms with E-state index in [-0.39, 0.29) is 5.56 Å². The van der Waals surface area contributed by atoms with Crippen LogP contribution < -0.4 is 0 Å². The van der Waals surface area contributed by atoms with Crippen LogP contribution in [0.15, 0.2) is 11.4 Å². The van der Waals surface area contributed by atoms with E-state index < -0.39 is 40.8 Å². The Morgan fingerprint density at radius 1 is 0.947 bits per heavy atom. The van der Waals surface area contributed by atoms with E-state index in [1.54, 1.807) is 6.92 Å². The van der Waals surface area contributed by atoms with Gasteiger partial charge in [-0.1, -0.05) is 0 Å². The summed E-state index contributed by atoms with van der Waals surface area (Å²) in [4.78, 5) is 0.734. The zero-order valence-electron chi connectivity index (χ0n) is 9.48. The Morgan fingerprint density at radius 3 is 1.84 bits per heavy atom. The van der Waals surface area contributed by atoms with Crippen LogP contribution in [0.4, 0.5) is 22.0 Å². The van der Waals surface area contributed by atoms with Crippen LogP contribution in [-0.2, 0) is 0 Å². The van der Waals surface area contributed by atoms with Gasteiger partial charge in [-0.3, -0.25) is 0 Å². The maximum atomic E-state index is 13.5. The molecule has 1 aromatic carbocycles. The van der Waals surface area contributed by atoms with E-state index in [0.717, 1.165) is 4.88 Å². The van der Waals surface area contributed by atoms with Crippen molar-refractivity contribution in [3.05, 3.63) is 56.5 Å². The highest BCUT2D eigenvalue weighted by molar-refractivity contribution is 7.10. The summed E-state index contributed by atoms with van der Waals surface area (Å²) in [6, 6.07) is 1.41. The maximum absolute atomic E-state index is 13.5. The number of thiophene rings is 1. The van der Waals surface area contributed by atoms with E-state index in [1.807, 2.05) is 0 Å². The number of halogens is 5. The van der Waals surface area contributed by atoms with Crippen molar-refractivity contribution < 1.29 is 27.1 Å². The maximum Gasteiger partial charge on any atom is 0.200 e. The second-order valence-corrected chi connectivity index (χ2v) is 4.99. The van der Waals surface area contributed by atoms with Crippen molar-refractivity contribution >= 4 is 11.3 Å². The third-order valence-corrected chi connectivity index (χ3v) is 3.46. The molecule has 0 saturated heterocycles. The zero-order valence-corrected chi connectivity index (χ0v) is 10.3. The van der Waals surface area contributed by atoms with Crippen molar-refractivity contribution in [2.24, 2.45) is 0 Å². The van der Waals surface area contributed by atoms with Crippen molar-refractivity contribution in [2.45, 2.75) is 13.0 Å². The summed E-state index contributed by atoms with van der Waals surface area (Å²) < 4.78 is 65.8. The van der Waals surface area contributed by atoms with Gasteiger partial charge in [0.25, 0.3) is 0 Å². The number of rotatable bonds is 2. The van der Waals surface area contributed by atoms with E-state index in [1.165, 1.54) is 22.8 Å². The molecule has 1 aromatic heterocycles. The summed E-state index contributed by atoms with van der Waals surface area (Å²) in [5.74, 6) is -10.4. The van der Waals surface area contributed by atoms with Gasteiger partial charge in [0.15, 0.2) is 23.3 Å². The summed E-state index contributed by atoms with van der Waals surface area (Å²) in [6.45, 7) is 1.68. The first kappa shape index (κ1) is 14.0. The lowest BCUT2D eigenvalue weighted by molar-refractivity contribution is 0.203. The van der Waals surface area contributed by atoms with Crippen LogP contribution in [0, 0.1) is 36.0 Å². The third-order valence-electron chi connectivity index (χ3n) is 2.58. The van der Waals surface area contributed by atoms with Gasteiger partial charge in [0.2, 0.25) is 5.82 Å². The fourth-order valence-electron chi connectivity index (χ4n) is 1.64. The van der Waals surface area contributed by atoms with E-state index >= 15 is 0 Å². The molecule has 0 bridgehead atoms. The van der Waals surface area contributed by atoms with Gasteiger partial charge >= 0.3 is 0 Å². The van der Waals surface area contributed by atoms with Gasteiger partial charge in [-0.05, 0) is 23.9 Å². The molecule has 0 radical (unpaired) electrons. The highest BCUT2D eigenvalue weighted by Gasteiger charge is 2.30. The molecule has 0 fully saturated rings. The highest BCUT2D eigenvalue weighted by atomic mass is 32.1. The largest absolute Gasteiger partial charge is 0.383 e. The molecule has 1 nitrogen and oxygen atoms in total. The molecule has 1 N–H and O–H groups in total. The highest BCUT2D eigenvalue weighted by Crippen LogP contribution is 2.32. The summed E-state index contributed by atoms with van der Waals surface area (Å²) >= 11 is 1.18. The molecule has 1 heterocycles. The topological polar surface area (TPSA) is 20.2 Å². The van der Waals surface area contributed by atoms with Gasteiger partial charge in [-0.15, -0.1) is 11.3 Å². The summed E-state index contributed by atoms with van der Waals surface area (Å²) in [6.07, 6.45) is -1.91. The molecule has 0 amide bonds. The molecule has 1 unspecified atom stereocenters. The quantitative estimate of drug-likeness (QED) is 0.507. The van der Waals surface area contributed by atoms with Gasteiger partial charge in [-0.2, -0.15) is 0 Å². The lowest BCUT2D eigenvalue weighted by Crippen LogP contribution is -2.11. The molecule has 2 rings (SSSR count). The Hall–Kier alpha value is -1.47. The van der Waals surface area contributed by atoms with E-state index in [0.29, 0.717) is 0 Å². The number of aliphatic hydroxyl groups excluding tert-OH is 1. The first-order chi connectivity index (χ1) is 8.84. The molecular weight excluding hydrogens is 287 g/mol. The molecule has 19 heavy (non-hydrogen) atoms. The lowest BCUT2D eigenvalue weighted by Gasteiger charge is -2.13. The fourth-order valence-corrected chi connectivity index (χ4v) is 2.36. The monoisotopic (exact) mass is 294 g/mol.